The normalized spacial score (nSPS) is 14.9. The number of halogens is 1. The standard InChI is InChI=1S/C12H23IO/c1-5-6-7-8-11(9-10-13)14-12(2,3)4/h9-11H,5-8H2,1-4H3. The van der Waals surface area contributed by atoms with Crippen LogP contribution in [0.4, 0.5) is 0 Å². The Bertz CT molecular complexity index is 158. The van der Waals surface area contributed by atoms with E-state index >= 15 is 0 Å². The lowest BCUT2D eigenvalue weighted by atomic mass is 10.1. The van der Waals surface area contributed by atoms with Crippen molar-refractivity contribution in [2.24, 2.45) is 0 Å². The van der Waals surface area contributed by atoms with Crippen molar-refractivity contribution in [2.75, 3.05) is 0 Å². The van der Waals surface area contributed by atoms with Gasteiger partial charge in [0.05, 0.1) is 11.7 Å². The maximum atomic E-state index is 5.93. The van der Waals surface area contributed by atoms with Crippen LogP contribution in [-0.2, 0) is 4.74 Å². The molecule has 0 saturated carbocycles. The Morgan fingerprint density at radius 3 is 2.36 bits per heavy atom. The zero-order chi connectivity index (χ0) is 11.0. The van der Waals surface area contributed by atoms with Gasteiger partial charge in [-0.3, -0.25) is 0 Å². The minimum Gasteiger partial charge on any atom is -0.369 e. The van der Waals surface area contributed by atoms with Gasteiger partial charge in [-0.1, -0.05) is 48.8 Å². The van der Waals surface area contributed by atoms with Crippen molar-refractivity contribution < 1.29 is 4.74 Å². The Kier molecular flexibility index (Phi) is 7.92. The third-order valence-corrected chi connectivity index (χ3v) is 2.30. The van der Waals surface area contributed by atoms with E-state index in [1.54, 1.807) is 0 Å². The van der Waals surface area contributed by atoms with Crippen LogP contribution in [0.5, 0.6) is 0 Å². The first-order valence-electron chi connectivity index (χ1n) is 5.44. The lowest BCUT2D eigenvalue weighted by Crippen LogP contribution is -2.26. The molecule has 0 aliphatic rings. The summed E-state index contributed by atoms with van der Waals surface area (Å²) in [6.07, 6.45) is 7.43. The monoisotopic (exact) mass is 310 g/mol. The Morgan fingerprint density at radius 1 is 1.29 bits per heavy atom. The topological polar surface area (TPSA) is 9.23 Å². The van der Waals surface area contributed by atoms with Gasteiger partial charge in [-0.15, -0.1) is 0 Å². The molecule has 0 radical (unpaired) electrons. The molecular weight excluding hydrogens is 287 g/mol. The highest BCUT2D eigenvalue weighted by atomic mass is 127. The predicted molar refractivity (Wildman–Crippen MR) is 71.9 cm³/mol. The van der Waals surface area contributed by atoms with Gasteiger partial charge < -0.3 is 4.74 Å². The van der Waals surface area contributed by atoms with Crippen molar-refractivity contribution in [2.45, 2.75) is 65.1 Å². The summed E-state index contributed by atoms with van der Waals surface area (Å²) in [5, 5.41) is 0. The van der Waals surface area contributed by atoms with Crippen molar-refractivity contribution in [3.05, 3.63) is 10.2 Å². The number of ether oxygens (including phenoxy) is 1. The average Bonchev–Trinajstić information content (AvgIpc) is 2.02. The Hall–Kier alpha value is 0.430. The maximum Gasteiger partial charge on any atom is 0.0770 e. The lowest BCUT2D eigenvalue weighted by Gasteiger charge is -2.25. The number of hydrogen-bond donors (Lipinski definition) is 0. The number of rotatable bonds is 6. The molecule has 14 heavy (non-hydrogen) atoms. The summed E-state index contributed by atoms with van der Waals surface area (Å²) in [5.41, 5.74) is -0.0347. The molecule has 0 spiro atoms. The van der Waals surface area contributed by atoms with Crippen LogP contribution in [0.1, 0.15) is 53.4 Å². The third kappa shape index (κ3) is 9.00. The molecule has 0 bridgehead atoms. The molecule has 1 nitrogen and oxygen atoms in total. The van der Waals surface area contributed by atoms with Crippen molar-refractivity contribution >= 4 is 22.6 Å². The molecule has 0 heterocycles. The number of unbranched alkanes of at least 4 members (excludes halogenated alkanes) is 2. The van der Waals surface area contributed by atoms with Crippen LogP contribution >= 0.6 is 22.6 Å². The summed E-state index contributed by atoms with van der Waals surface area (Å²) >= 11 is 2.25. The molecule has 0 aliphatic carbocycles. The quantitative estimate of drug-likeness (QED) is 0.510. The van der Waals surface area contributed by atoms with Crippen LogP contribution in [0.2, 0.25) is 0 Å². The van der Waals surface area contributed by atoms with Crippen LogP contribution in [0, 0.1) is 0 Å². The van der Waals surface area contributed by atoms with Gasteiger partial charge in [-0.2, -0.15) is 0 Å². The van der Waals surface area contributed by atoms with Gasteiger partial charge in [-0.05, 0) is 37.4 Å². The summed E-state index contributed by atoms with van der Waals surface area (Å²) in [7, 11) is 0. The Labute approximate surface area is 102 Å². The molecule has 0 aromatic rings. The third-order valence-electron chi connectivity index (χ3n) is 1.88. The van der Waals surface area contributed by atoms with E-state index in [1.807, 2.05) is 0 Å². The predicted octanol–water partition coefficient (Wildman–Crippen LogP) is 4.70. The van der Waals surface area contributed by atoms with Gasteiger partial charge in [0.2, 0.25) is 0 Å². The first kappa shape index (κ1) is 14.4. The van der Waals surface area contributed by atoms with E-state index in [1.165, 1.54) is 19.3 Å². The van der Waals surface area contributed by atoms with Crippen LogP contribution in [0.3, 0.4) is 0 Å². The highest BCUT2D eigenvalue weighted by Gasteiger charge is 2.15. The molecule has 0 saturated heterocycles. The van der Waals surface area contributed by atoms with Gasteiger partial charge in [0, 0.05) is 0 Å². The molecule has 0 fully saturated rings. The van der Waals surface area contributed by atoms with E-state index in [9.17, 15) is 0 Å². The molecule has 0 N–H and O–H groups in total. The molecule has 1 unspecified atom stereocenters. The van der Waals surface area contributed by atoms with Gasteiger partial charge >= 0.3 is 0 Å². The molecule has 1 atom stereocenters. The summed E-state index contributed by atoms with van der Waals surface area (Å²) in [5.74, 6) is 0. The van der Waals surface area contributed by atoms with Gasteiger partial charge in [-0.25, -0.2) is 0 Å². The van der Waals surface area contributed by atoms with Gasteiger partial charge in [0.1, 0.15) is 0 Å². The maximum absolute atomic E-state index is 5.93. The first-order valence-corrected chi connectivity index (χ1v) is 6.69. The molecule has 0 aromatic carbocycles. The number of hydrogen-bond acceptors (Lipinski definition) is 1. The molecule has 0 rings (SSSR count). The summed E-state index contributed by atoms with van der Waals surface area (Å²) in [4.78, 5) is 0. The Morgan fingerprint density at radius 2 is 1.93 bits per heavy atom. The van der Waals surface area contributed by atoms with Crippen LogP contribution < -0.4 is 0 Å². The van der Waals surface area contributed by atoms with Gasteiger partial charge in [0.15, 0.2) is 0 Å². The minimum absolute atomic E-state index is 0.0347. The molecular formula is C12H23IO. The van der Waals surface area contributed by atoms with Gasteiger partial charge in [0.25, 0.3) is 0 Å². The second-order valence-corrected chi connectivity index (χ2v) is 5.30. The van der Waals surface area contributed by atoms with Crippen molar-refractivity contribution in [1.29, 1.82) is 0 Å². The van der Waals surface area contributed by atoms with Crippen molar-refractivity contribution in [3.63, 3.8) is 0 Å². The highest BCUT2D eigenvalue weighted by Crippen LogP contribution is 2.17. The second-order valence-electron chi connectivity index (χ2n) is 4.58. The van der Waals surface area contributed by atoms with E-state index in [2.05, 4.69) is 60.4 Å². The molecule has 0 aliphatic heterocycles. The fourth-order valence-corrected chi connectivity index (χ4v) is 1.79. The summed E-state index contributed by atoms with van der Waals surface area (Å²) in [6.45, 7) is 8.57. The fraction of sp³-hybridized carbons (Fsp3) is 0.833. The molecule has 0 aromatic heterocycles. The van der Waals surface area contributed by atoms with E-state index in [4.69, 9.17) is 4.74 Å². The van der Waals surface area contributed by atoms with E-state index < -0.39 is 0 Å². The first-order chi connectivity index (χ1) is 6.49. The SMILES string of the molecule is CCCCCC(C=CI)OC(C)(C)C. The molecule has 84 valence electrons. The molecule has 2 heteroatoms. The fourth-order valence-electron chi connectivity index (χ4n) is 1.33. The average molecular weight is 310 g/mol. The smallest absolute Gasteiger partial charge is 0.0770 e. The molecule has 0 amide bonds. The van der Waals surface area contributed by atoms with E-state index in [0.29, 0.717) is 6.10 Å². The second kappa shape index (κ2) is 7.69. The van der Waals surface area contributed by atoms with Crippen LogP contribution in [-0.4, -0.2) is 11.7 Å². The van der Waals surface area contributed by atoms with E-state index in [0.717, 1.165) is 6.42 Å². The van der Waals surface area contributed by atoms with Crippen molar-refractivity contribution in [3.8, 4) is 0 Å². The van der Waals surface area contributed by atoms with Crippen LogP contribution in [0.15, 0.2) is 10.2 Å². The minimum atomic E-state index is -0.0347. The van der Waals surface area contributed by atoms with E-state index in [-0.39, 0.29) is 5.60 Å². The van der Waals surface area contributed by atoms with Crippen molar-refractivity contribution in [1.82, 2.24) is 0 Å². The Balaban J connectivity index is 3.90. The zero-order valence-corrected chi connectivity index (χ0v) is 12.0. The van der Waals surface area contributed by atoms with Crippen LogP contribution in [0.25, 0.3) is 0 Å². The summed E-state index contributed by atoms with van der Waals surface area (Å²) < 4.78 is 7.99. The summed E-state index contributed by atoms with van der Waals surface area (Å²) in [6, 6.07) is 0. The highest BCUT2D eigenvalue weighted by molar-refractivity contribution is 14.1. The zero-order valence-electron chi connectivity index (χ0n) is 9.85. The lowest BCUT2D eigenvalue weighted by molar-refractivity contribution is -0.0415. The largest absolute Gasteiger partial charge is 0.369 e.